The number of nitrogens with one attached hydrogen (secondary N) is 2. The summed E-state index contributed by atoms with van der Waals surface area (Å²) in [6.07, 6.45) is 5.94. The molecule has 2 aromatic carbocycles. The van der Waals surface area contributed by atoms with Crippen LogP contribution >= 0.6 is 0 Å². The fourth-order valence-corrected chi connectivity index (χ4v) is 3.04. The predicted octanol–water partition coefficient (Wildman–Crippen LogP) is 3.93. The Hall–Kier alpha value is -4.26. The molecule has 170 valence electrons. The Morgan fingerprint density at radius 2 is 1.88 bits per heavy atom. The van der Waals surface area contributed by atoms with Crippen LogP contribution in [0.4, 0.5) is 34.8 Å². The number of benzene rings is 2. The number of ether oxygens (including phenoxy) is 1. The van der Waals surface area contributed by atoms with Crippen LogP contribution in [-0.2, 0) is 6.42 Å². The van der Waals surface area contributed by atoms with Gasteiger partial charge in [-0.1, -0.05) is 5.92 Å². The fourth-order valence-electron chi connectivity index (χ4n) is 3.04. The minimum atomic E-state index is -1.46. The van der Waals surface area contributed by atoms with Gasteiger partial charge in [0.1, 0.15) is 11.6 Å². The number of carbonyl (C=O) groups excluding carboxylic acids is 1. The molecule has 0 unspecified atom stereocenters. The standard InChI is InChI=1S/C23H18F4N4O2/c1-3-7-30-23(32)15-10-13(9-12-6-8-29-22(28)19(12)26)18(25)20(27)21(15)31-17-5-4-14(33-2)11-16(17)24/h1,4-6,8,10-11,31H,7,9H2,2H3,(H2,28,29)(H,30,32). The van der Waals surface area contributed by atoms with Crippen LogP contribution in [0, 0.1) is 35.6 Å². The average molecular weight is 458 g/mol. The van der Waals surface area contributed by atoms with Crippen LogP contribution in [0.1, 0.15) is 21.5 Å². The largest absolute Gasteiger partial charge is 0.497 e. The number of halogens is 4. The molecule has 0 radical (unpaired) electrons. The molecule has 3 rings (SSSR count). The van der Waals surface area contributed by atoms with Crippen LogP contribution in [0.15, 0.2) is 36.5 Å². The molecule has 6 nitrogen and oxygen atoms in total. The number of methoxy groups -OCH3 is 1. The van der Waals surface area contributed by atoms with Crippen molar-refractivity contribution in [2.45, 2.75) is 6.42 Å². The third-order valence-electron chi connectivity index (χ3n) is 4.69. The molecule has 3 aromatic rings. The molecule has 0 saturated heterocycles. The van der Waals surface area contributed by atoms with Crippen LogP contribution in [0.25, 0.3) is 0 Å². The first-order chi connectivity index (χ1) is 15.8. The second kappa shape index (κ2) is 9.91. The van der Waals surface area contributed by atoms with Gasteiger partial charge in [0.05, 0.1) is 30.6 Å². The van der Waals surface area contributed by atoms with Crippen molar-refractivity contribution in [2.24, 2.45) is 0 Å². The number of nitrogens with two attached hydrogens (primary N) is 1. The second-order valence-corrected chi connectivity index (χ2v) is 6.79. The zero-order valence-electron chi connectivity index (χ0n) is 17.3. The molecule has 1 heterocycles. The van der Waals surface area contributed by atoms with Gasteiger partial charge in [-0.25, -0.2) is 22.5 Å². The SMILES string of the molecule is C#CCNC(=O)c1cc(Cc2ccnc(N)c2F)c(F)c(F)c1Nc1ccc(OC)cc1F. The molecular weight excluding hydrogens is 440 g/mol. The number of aromatic nitrogens is 1. The summed E-state index contributed by atoms with van der Waals surface area (Å²) in [6.45, 7) is -0.195. The molecule has 0 aliphatic heterocycles. The van der Waals surface area contributed by atoms with Gasteiger partial charge in [0, 0.05) is 18.7 Å². The van der Waals surface area contributed by atoms with Gasteiger partial charge in [0.25, 0.3) is 5.91 Å². The molecule has 0 spiro atoms. The number of hydrogen-bond donors (Lipinski definition) is 3. The van der Waals surface area contributed by atoms with Crippen molar-refractivity contribution in [3.8, 4) is 18.1 Å². The van der Waals surface area contributed by atoms with E-state index in [-0.39, 0.29) is 34.7 Å². The highest BCUT2D eigenvalue weighted by Gasteiger charge is 2.24. The second-order valence-electron chi connectivity index (χ2n) is 6.79. The maximum absolute atomic E-state index is 15.1. The Morgan fingerprint density at radius 1 is 1.12 bits per heavy atom. The Morgan fingerprint density at radius 3 is 2.55 bits per heavy atom. The average Bonchev–Trinajstić information content (AvgIpc) is 2.80. The van der Waals surface area contributed by atoms with Crippen molar-refractivity contribution in [2.75, 3.05) is 24.7 Å². The molecule has 33 heavy (non-hydrogen) atoms. The first kappa shape index (κ1) is 23.4. The van der Waals surface area contributed by atoms with E-state index in [1.165, 1.54) is 31.5 Å². The lowest BCUT2D eigenvalue weighted by Gasteiger charge is -2.17. The Labute approximate surface area is 186 Å². The predicted molar refractivity (Wildman–Crippen MR) is 115 cm³/mol. The van der Waals surface area contributed by atoms with Crippen LogP contribution in [0.3, 0.4) is 0 Å². The molecule has 0 atom stereocenters. The van der Waals surface area contributed by atoms with E-state index in [1.807, 2.05) is 0 Å². The van der Waals surface area contributed by atoms with Crippen molar-refractivity contribution < 1.29 is 27.1 Å². The molecule has 10 heteroatoms. The van der Waals surface area contributed by atoms with Crippen LogP contribution in [0.2, 0.25) is 0 Å². The van der Waals surface area contributed by atoms with Gasteiger partial charge in [-0.3, -0.25) is 4.79 Å². The number of hydrogen-bond acceptors (Lipinski definition) is 5. The van der Waals surface area contributed by atoms with E-state index in [0.29, 0.717) is 0 Å². The van der Waals surface area contributed by atoms with Gasteiger partial charge in [0.2, 0.25) is 0 Å². The third-order valence-corrected chi connectivity index (χ3v) is 4.69. The maximum atomic E-state index is 15.1. The number of anilines is 3. The van der Waals surface area contributed by atoms with Crippen molar-refractivity contribution in [3.05, 3.63) is 76.5 Å². The number of terminal acetylenes is 1. The summed E-state index contributed by atoms with van der Waals surface area (Å²) in [5, 5.41) is 4.75. The van der Waals surface area contributed by atoms with E-state index in [9.17, 15) is 18.0 Å². The molecule has 1 amide bonds. The maximum Gasteiger partial charge on any atom is 0.254 e. The normalized spacial score (nSPS) is 10.4. The first-order valence-electron chi connectivity index (χ1n) is 9.48. The van der Waals surface area contributed by atoms with E-state index < -0.39 is 47.1 Å². The minimum Gasteiger partial charge on any atom is -0.497 e. The molecule has 0 fully saturated rings. The molecule has 4 N–H and O–H groups in total. The van der Waals surface area contributed by atoms with E-state index in [4.69, 9.17) is 16.9 Å². The molecule has 0 aliphatic carbocycles. The molecule has 0 saturated carbocycles. The summed E-state index contributed by atoms with van der Waals surface area (Å²) in [5.41, 5.74) is 3.82. The summed E-state index contributed by atoms with van der Waals surface area (Å²) >= 11 is 0. The number of nitrogens with zero attached hydrogens (tertiary/aromatic N) is 1. The summed E-state index contributed by atoms with van der Waals surface area (Å²) in [5.74, 6) is -3.40. The van der Waals surface area contributed by atoms with Crippen LogP contribution in [0.5, 0.6) is 5.75 Å². The summed E-state index contributed by atoms with van der Waals surface area (Å²) < 4.78 is 63.6. The van der Waals surface area contributed by atoms with E-state index in [0.717, 1.165) is 12.1 Å². The van der Waals surface area contributed by atoms with Crippen LogP contribution in [-0.4, -0.2) is 24.5 Å². The Kier molecular flexibility index (Phi) is 7.03. The lowest BCUT2D eigenvalue weighted by atomic mass is 9.99. The highest BCUT2D eigenvalue weighted by atomic mass is 19.2. The topological polar surface area (TPSA) is 89.3 Å². The van der Waals surface area contributed by atoms with Crippen molar-refractivity contribution in [1.29, 1.82) is 0 Å². The van der Waals surface area contributed by atoms with Crippen molar-refractivity contribution in [3.63, 3.8) is 0 Å². The number of rotatable bonds is 7. The van der Waals surface area contributed by atoms with Gasteiger partial charge in [-0.05, 0) is 35.4 Å². The van der Waals surface area contributed by atoms with Gasteiger partial charge >= 0.3 is 0 Å². The first-order valence-corrected chi connectivity index (χ1v) is 9.48. The van der Waals surface area contributed by atoms with E-state index in [1.54, 1.807) is 0 Å². The number of pyridine rings is 1. The fraction of sp³-hybridized carbons (Fsp3) is 0.130. The molecule has 1 aromatic heterocycles. The summed E-state index contributed by atoms with van der Waals surface area (Å²) in [7, 11) is 1.34. The zero-order valence-corrected chi connectivity index (χ0v) is 17.3. The lowest BCUT2D eigenvalue weighted by Crippen LogP contribution is -2.25. The highest BCUT2D eigenvalue weighted by molar-refractivity contribution is 6.01. The van der Waals surface area contributed by atoms with E-state index in [2.05, 4.69) is 21.5 Å². The van der Waals surface area contributed by atoms with Crippen LogP contribution < -0.4 is 21.1 Å². The van der Waals surface area contributed by atoms with Gasteiger partial charge in [-0.2, -0.15) is 0 Å². The molecule has 0 bridgehead atoms. The Balaban J connectivity index is 2.10. The van der Waals surface area contributed by atoms with Crippen molar-refractivity contribution in [1.82, 2.24) is 10.3 Å². The van der Waals surface area contributed by atoms with Gasteiger partial charge in [0.15, 0.2) is 23.3 Å². The molecule has 0 aliphatic rings. The monoisotopic (exact) mass is 458 g/mol. The van der Waals surface area contributed by atoms with Gasteiger partial charge < -0.3 is 21.1 Å². The number of amides is 1. The van der Waals surface area contributed by atoms with E-state index >= 15 is 4.39 Å². The number of carbonyl (C=O) groups is 1. The Bertz CT molecular complexity index is 1260. The zero-order chi connectivity index (χ0) is 24.1. The quantitative estimate of drug-likeness (QED) is 0.369. The smallest absolute Gasteiger partial charge is 0.254 e. The third kappa shape index (κ3) is 4.98. The molecular formula is C23H18F4N4O2. The van der Waals surface area contributed by atoms with Crippen molar-refractivity contribution >= 4 is 23.1 Å². The van der Waals surface area contributed by atoms with Gasteiger partial charge in [-0.15, -0.1) is 6.42 Å². The summed E-state index contributed by atoms with van der Waals surface area (Å²) in [6, 6.07) is 5.93. The number of nitrogen functional groups attached to an aromatic ring is 1. The lowest BCUT2D eigenvalue weighted by molar-refractivity contribution is 0.0959. The summed E-state index contributed by atoms with van der Waals surface area (Å²) in [4.78, 5) is 16.2. The minimum absolute atomic E-state index is 0.0577. The highest BCUT2D eigenvalue weighted by Crippen LogP contribution is 2.32.